The molecule has 0 bridgehead atoms. The number of benzene rings is 1. The molecule has 0 spiro atoms. The van der Waals surface area contributed by atoms with Crippen molar-refractivity contribution in [3.8, 4) is 10.6 Å². The predicted molar refractivity (Wildman–Crippen MR) is 97.6 cm³/mol. The van der Waals surface area contributed by atoms with Crippen molar-refractivity contribution < 1.29 is 4.79 Å². The lowest BCUT2D eigenvalue weighted by molar-refractivity contribution is 0.0999. The first-order chi connectivity index (χ1) is 12.0. The van der Waals surface area contributed by atoms with Gasteiger partial charge in [0.25, 0.3) is 11.5 Å². The number of nitrogens with zero attached hydrogens (tertiary/aromatic N) is 3. The highest BCUT2D eigenvalue weighted by molar-refractivity contribution is 7.17. The maximum atomic E-state index is 11.5. The highest BCUT2D eigenvalue weighted by atomic mass is 32.1. The lowest BCUT2D eigenvalue weighted by Gasteiger charge is -2.04. The summed E-state index contributed by atoms with van der Waals surface area (Å²) in [5, 5.41) is 4.53. The smallest absolute Gasteiger partial charge is 0.277 e. The first-order valence-electron chi connectivity index (χ1n) is 7.93. The van der Waals surface area contributed by atoms with Gasteiger partial charge in [-0.05, 0) is 30.9 Å². The van der Waals surface area contributed by atoms with E-state index in [1.165, 1.54) is 27.6 Å². The van der Waals surface area contributed by atoms with Gasteiger partial charge in [-0.1, -0.05) is 30.3 Å². The molecule has 128 valence electrons. The molecule has 0 aliphatic heterocycles. The molecule has 1 amide bonds. The van der Waals surface area contributed by atoms with Crippen LogP contribution in [0.5, 0.6) is 0 Å². The van der Waals surface area contributed by atoms with E-state index < -0.39 is 5.91 Å². The maximum absolute atomic E-state index is 11.5. The van der Waals surface area contributed by atoms with Gasteiger partial charge in [-0.15, -0.1) is 11.3 Å². The van der Waals surface area contributed by atoms with Crippen LogP contribution >= 0.6 is 11.3 Å². The molecule has 1 aromatic carbocycles. The number of primary amides is 1. The SMILES string of the molecule is Cn1nc(-c2sc(C(N)=O)nc2CCCc2ccccc2)ccc1=O. The Kier molecular flexibility index (Phi) is 5.04. The van der Waals surface area contributed by atoms with Crippen LogP contribution in [0.15, 0.2) is 47.3 Å². The van der Waals surface area contributed by atoms with Gasteiger partial charge in [0.2, 0.25) is 0 Å². The van der Waals surface area contributed by atoms with Crippen molar-refractivity contribution >= 4 is 17.2 Å². The number of carbonyl (C=O) groups is 1. The molecule has 0 saturated heterocycles. The zero-order valence-corrected chi connectivity index (χ0v) is 14.6. The van der Waals surface area contributed by atoms with Gasteiger partial charge in [-0.25, -0.2) is 9.67 Å². The van der Waals surface area contributed by atoms with Crippen LogP contribution in [0.2, 0.25) is 0 Å². The topological polar surface area (TPSA) is 90.9 Å². The van der Waals surface area contributed by atoms with Crippen LogP contribution in [0.25, 0.3) is 10.6 Å². The highest BCUT2D eigenvalue weighted by Crippen LogP contribution is 2.29. The average Bonchev–Trinajstić information content (AvgIpc) is 3.03. The molecule has 6 nitrogen and oxygen atoms in total. The second-order valence-corrected chi connectivity index (χ2v) is 6.68. The molecule has 0 aliphatic carbocycles. The molecule has 3 aromatic rings. The molecule has 0 fully saturated rings. The average molecular weight is 354 g/mol. The third kappa shape index (κ3) is 4.00. The van der Waals surface area contributed by atoms with E-state index >= 15 is 0 Å². The molecule has 2 heterocycles. The number of aromatic nitrogens is 3. The number of hydrogen-bond acceptors (Lipinski definition) is 5. The van der Waals surface area contributed by atoms with Crippen LogP contribution in [0, 0.1) is 0 Å². The lowest BCUT2D eigenvalue weighted by Crippen LogP contribution is -2.18. The van der Waals surface area contributed by atoms with E-state index in [0.717, 1.165) is 23.4 Å². The van der Waals surface area contributed by atoms with Gasteiger partial charge in [0.15, 0.2) is 5.01 Å². The first-order valence-corrected chi connectivity index (χ1v) is 8.74. The normalized spacial score (nSPS) is 10.8. The molecule has 0 atom stereocenters. The molecular formula is C18H18N4O2S. The summed E-state index contributed by atoms with van der Waals surface area (Å²) in [6.45, 7) is 0. The molecule has 3 rings (SSSR count). The zero-order valence-electron chi connectivity index (χ0n) is 13.8. The summed E-state index contributed by atoms with van der Waals surface area (Å²) in [4.78, 5) is 28.2. The van der Waals surface area contributed by atoms with Gasteiger partial charge in [0, 0.05) is 13.1 Å². The van der Waals surface area contributed by atoms with Crippen LogP contribution in [-0.4, -0.2) is 20.7 Å². The van der Waals surface area contributed by atoms with Crippen LogP contribution in [0.1, 0.15) is 27.5 Å². The van der Waals surface area contributed by atoms with Crippen LogP contribution in [0.3, 0.4) is 0 Å². The zero-order chi connectivity index (χ0) is 17.8. The molecular weight excluding hydrogens is 336 g/mol. The van der Waals surface area contributed by atoms with E-state index in [1.807, 2.05) is 18.2 Å². The summed E-state index contributed by atoms with van der Waals surface area (Å²) in [5.74, 6) is -0.551. The molecule has 7 heteroatoms. The monoisotopic (exact) mass is 354 g/mol. The fourth-order valence-electron chi connectivity index (χ4n) is 2.55. The van der Waals surface area contributed by atoms with E-state index in [2.05, 4.69) is 22.2 Å². The third-order valence-electron chi connectivity index (χ3n) is 3.82. The Morgan fingerprint density at radius 3 is 2.60 bits per heavy atom. The Labute approximate surface area is 149 Å². The van der Waals surface area contributed by atoms with Crippen LogP contribution < -0.4 is 11.3 Å². The molecule has 25 heavy (non-hydrogen) atoms. The van der Waals surface area contributed by atoms with E-state index in [-0.39, 0.29) is 10.6 Å². The van der Waals surface area contributed by atoms with E-state index in [9.17, 15) is 9.59 Å². The van der Waals surface area contributed by atoms with E-state index in [1.54, 1.807) is 13.1 Å². The molecule has 0 radical (unpaired) electrons. The van der Waals surface area contributed by atoms with Gasteiger partial charge in [0.05, 0.1) is 10.6 Å². The molecule has 0 unspecified atom stereocenters. The second kappa shape index (κ2) is 7.40. The number of rotatable bonds is 6. The summed E-state index contributed by atoms with van der Waals surface area (Å²) in [6, 6.07) is 13.3. The number of hydrogen-bond donors (Lipinski definition) is 1. The van der Waals surface area contributed by atoms with Gasteiger partial charge in [0.1, 0.15) is 5.69 Å². The molecule has 2 aromatic heterocycles. The van der Waals surface area contributed by atoms with Gasteiger partial charge in [-0.2, -0.15) is 5.10 Å². The summed E-state index contributed by atoms with van der Waals surface area (Å²) in [6.07, 6.45) is 2.52. The molecule has 0 aliphatic rings. The number of thiazole rings is 1. The Balaban J connectivity index is 1.85. The minimum atomic E-state index is -0.551. The quantitative estimate of drug-likeness (QED) is 0.734. The lowest BCUT2D eigenvalue weighted by atomic mass is 10.1. The largest absolute Gasteiger partial charge is 0.364 e. The second-order valence-electron chi connectivity index (χ2n) is 5.68. The van der Waals surface area contributed by atoms with Crippen molar-refractivity contribution in [2.24, 2.45) is 12.8 Å². The predicted octanol–water partition coefficient (Wildman–Crippen LogP) is 2.18. The Morgan fingerprint density at radius 2 is 1.92 bits per heavy atom. The van der Waals surface area contributed by atoms with Crippen molar-refractivity contribution in [2.45, 2.75) is 19.3 Å². The van der Waals surface area contributed by atoms with Gasteiger partial charge in [-0.3, -0.25) is 9.59 Å². The Morgan fingerprint density at radius 1 is 1.16 bits per heavy atom. The maximum Gasteiger partial charge on any atom is 0.277 e. The van der Waals surface area contributed by atoms with Crippen LogP contribution in [0.4, 0.5) is 0 Å². The van der Waals surface area contributed by atoms with Crippen molar-refractivity contribution in [3.63, 3.8) is 0 Å². The van der Waals surface area contributed by atoms with Gasteiger partial charge < -0.3 is 5.73 Å². The molecule has 2 N–H and O–H groups in total. The number of nitrogens with two attached hydrogens (primary N) is 1. The number of carbonyl (C=O) groups excluding carboxylic acids is 1. The van der Waals surface area contributed by atoms with Crippen molar-refractivity contribution in [1.29, 1.82) is 0 Å². The Hall–Kier alpha value is -2.80. The minimum Gasteiger partial charge on any atom is -0.364 e. The minimum absolute atomic E-state index is 0.186. The first kappa shape index (κ1) is 17.0. The van der Waals surface area contributed by atoms with E-state index in [4.69, 9.17) is 5.73 Å². The van der Waals surface area contributed by atoms with E-state index in [0.29, 0.717) is 12.1 Å². The summed E-state index contributed by atoms with van der Waals surface area (Å²) in [7, 11) is 1.59. The third-order valence-corrected chi connectivity index (χ3v) is 4.96. The Bertz CT molecular complexity index is 947. The summed E-state index contributed by atoms with van der Waals surface area (Å²) in [5.41, 5.74) is 7.87. The molecule has 0 saturated carbocycles. The fraction of sp³-hybridized carbons (Fsp3) is 0.222. The standard InChI is InChI=1S/C18H18N4O2S/c1-22-15(23)11-10-14(21-22)16-13(20-18(25-16)17(19)24)9-5-8-12-6-3-2-4-7-12/h2-4,6-7,10-11H,5,8-9H2,1H3,(H2,19,24). The summed E-state index contributed by atoms with van der Waals surface area (Å²) < 4.78 is 1.27. The van der Waals surface area contributed by atoms with Crippen LogP contribution in [-0.2, 0) is 19.9 Å². The van der Waals surface area contributed by atoms with Crippen molar-refractivity contribution in [3.05, 3.63) is 69.1 Å². The van der Waals surface area contributed by atoms with Gasteiger partial charge >= 0.3 is 0 Å². The van der Waals surface area contributed by atoms with Crippen molar-refractivity contribution in [1.82, 2.24) is 14.8 Å². The fourth-order valence-corrected chi connectivity index (χ4v) is 3.48. The summed E-state index contributed by atoms with van der Waals surface area (Å²) >= 11 is 1.22. The number of amides is 1. The highest BCUT2D eigenvalue weighted by Gasteiger charge is 2.17. The number of aryl methyl sites for hydroxylation is 3. The van der Waals surface area contributed by atoms with Crippen molar-refractivity contribution in [2.75, 3.05) is 0 Å².